The van der Waals surface area contributed by atoms with Crippen molar-refractivity contribution in [3.63, 3.8) is 0 Å². The molecule has 0 saturated carbocycles. The molecule has 0 bridgehead atoms. The minimum Gasteiger partial charge on any atom is -0.497 e. The molecule has 1 N–H and O–H groups in total. The van der Waals surface area contributed by atoms with Gasteiger partial charge in [-0.1, -0.05) is 12.1 Å². The van der Waals surface area contributed by atoms with Gasteiger partial charge in [0.2, 0.25) is 0 Å². The number of ether oxygens (including phenoxy) is 1. The van der Waals surface area contributed by atoms with E-state index in [1.165, 1.54) is 5.56 Å². The summed E-state index contributed by atoms with van der Waals surface area (Å²) in [6.45, 7) is 0.974. The zero-order valence-corrected chi connectivity index (χ0v) is 10.4. The van der Waals surface area contributed by atoms with E-state index >= 15 is 0 Å². The summed E-state index contributed by atoms with van der Waals surface area (Å²) in [5.74, 6) is 1.27. The van der Waals surface area contributed by atoms with Crippen molar-refractivity contribution >= 4 is 5.69 Å². The summed E-state index contributed by atoms with van der Waals surface area (Å²) in [5.41, 5.74) is 3.61. The van der Waals surface area contributed by atoms with Gasteiger partial charge in [0.25, 0.3) is 0 Å². The van der Waals surface area contributed by atoms with E-state index in [2.05, 4.69) is 28.5 Å². The van der Waals surface area contributed by atoms with Crippen LogP contribution in [0.3, 0.4) is 0 Å². The van der Waals surface area contributed by atoms with Crippen molar-refractivity contribution in [1.82, 2.24) is 4.98 Å². The molecule has 1 aliphatic rings. The molecule has 1 atom stereocenters. The van der Waals surface area contributed by atoms with Crippen LogP contribution in [0.2, 0.25) is 0 Å². The van der Waals surface area contributed by atoms with E-state index in [9.17, 15) is 0 Å². The second kappa shape index (κ2) is 4.69. The third kappa shape index (κ3) is 1.92. The van der Waals surface area contributed by atoms with Gasteiger partial charge in [0, 0.05) is 36.1 Å². The van der Waals surface area contributed by atoms with Crippen molar-refractivity contribution in [2.24, 2.45) is 0 Å². The number of methoxy groups -OCH3 is 1. The Bertz CT molecular complexity index is 539. The predicted molar refractivity (Wildman–Crippen MR) is 72.2 cm³/mol. The fraction of sp³-hybridized carbons (Fsp3) is 0.267. The molecule has 0 fully saturated rings. The lowest BCUT2D eigenvalue weighted by Gasteiger charge is -2.26. The maximum Gasteiger partial charge on any atom is 0.120 e. The highest BCUT2D eigenvalue weighted by Gasteiger charge is 2.22. The highest BCUT2D eigenvalue weighted by molar-refractivity contribution is 5.59. The first-order chi connectivity index (χ1) is 8.88. The number of nitrogens with one attached hydrogen (secondary N) is 1. The van der Waals surface area contributed by atoms with E-state index in [0.717, 1.165) is 30.1 Å². The molecule has 1 aromatic carbocycles. The smallest absolute Gasteiger partial charge is 0.120 e. The Kier molecular flexibility index (Phi) is 2.89. The molecule has 0 spiro atoms. The first-order valence-electron chi connectivity index (χ1n) is 6.21. The van der Waals surface area contributed by atoms with E-state index in [-0.39, 0.29) is 0 Å². The average Bonchev–Trinajstić information content (AvgIpc) is 2.47. The van der Waals surface area contributed by atoms with Gasteiger partial charge in [-0.3, -0.25) is 4.98 Å². The summed E-state index contributed by atoms with van der Waals surface area (Å²) in [6, 6.07) is 12.3. The lowest BCUT2D eigenvalue weighted by Crippen LogP contribution is -2.18. The number of anilines is 1. The van der Waals surface area contributed by atoms with E-state index in [1.807, 2.05) is 24.4 Å². The number of nitrogens with zero attached hydrogens (tertiary/aromatic N) is 1. The van der Waals surface area contributed by atoms with Gasteiger partial charge in [-0.2, -0.15) is 0 Å². The molecule has 2 heterocycles. The van der Waals surface area contributed by atoms with Crippen molar-refractivity contribution in [3.05, 3.63) is 53.9 Å². The standard InChI is InChI=1S/C15H16N2O/c1-18-11-5-6-12-13(7-9-17-15(12)10-11)14-4-2-3-8-16-14/h2-6,8,10,13,17H,7,9H2,1H3. The fourth-order valence-electron chi connectivity index (χ4n) is 2.52. The monoisotopic (exact) mass is 240 g/mol. The summed E-state index contributed by atoms with van der Waals surface area (Å²) in [4.78, 5) is 4.48. The highest BCUT2D eigenvalue weighted by atomic mass is 16.5. The van der Waals surface area contributed by atoms with Crippen molar-refractivity contribution in [2.45, 2.75) is 12.3 Å². The minimum atomic E-state index is 0.383. The molecule has 0 radical (unpaired) electrons. The largest absolute Gasteiger partial charge is 0.497 e. The molecular weight excluding hydrogens is 224 g/mol. The molecule has 3 rings (SSSR count). The Morgan fingerprint density at radius 2 is 2.22 bits per heavy atom. The van der Waals surface area contributed by atoms with Crippen molar-refractivity contribution in [1.29, 1.82) is 0 Å². The van der Waals surface area contributed by atoms with Crippen molar-refractivity contribution in [3.8, 4) is 5.75 Å². The van der Waals surface area contributed by atoms with Crippen LogP contribution in [-0.4, -0.2) is 18.6 Å². The van der Waals surface area contributed by atoms with Crippen LogP contribution in [0.25, 0.3) is 0 Å². The molecule has 0 aliphatic carbocycles. The first kappa shape index (κ1) is 11.1. The summed E-state index contributed by atoms with van der Waals surface area (Å²) in [7, 11) is 1.70. The van der Waals surface area contributed by atoms with Gasteiger partial charge in [-0.05, 0) is 30.2 Å². The molecule has 1 unspecified atom stereocenters. The number of aromatic nitrogens is 1. The van der Waals surface area contributed by atoms with Gasteiger partial charge in [-0.25, -0.2) is 0 Å². The third-order valence-electron chi connectivity index (χ3n) is 3.43. The number of rotatable bonds is 2. The Hall–Kier alpha value is -2.03. The normalized spacial score (nSPS) is 17.7. The van der Waals surface area contributed by atoms with Gasteiger partial charge < -0.3 is 10.1 Å². The second-order valence-electron chi connectivity index (χ2n) is 4.48. The first-order valence-corrected chi connectivity index (χ1v) is 6.21. The second-order valence-corrected chi connectivity index (χ2v) is 4.48. The van der Waals surface area contributed by atoms with Gasteiger partial charge in [0.1, 0.15) is 5.75 Å². The molecule has 0 amide bonds. The Labute approximate surface area is 107 Å². The average molecular weight is 240 g/mol. The minimum absolute atomic E-state index is 0.383. The van der Waals surface area contributed by atoms with Crippen LogP contribution in [0, 0.1) is 0 Å². The van der Waals surface area contributed by atoms with Crippen molar-refractivity contribution < 1.29 is 4.74 Å². The molecule has 2 aromatic rings. The Morgan fingerprint density at radius 1 is 1.28 bits per heavy atom. The molecule has 1 aromatic heterocycles. The number of hydrogen-bond donors (Lipinski definition) is 1. The Morgan fingerprint density at radius 3 is 3.00 bits per heavy atom. The fourth-order valence-corrected chi connectivity index (χ4v) is 2.52. The maximum atomic E-state index is 5.27. The quantitative estimate of drug-likeness (QED) is 0.876. The van der Waals surface area contributed by atoms with Crippen LogP contribution in [-0.2, 0) is 0 Å². The number of benzene rings is 1. The van der Waals surface area contributed by atoms with Crippen LogP contribution in [0.1, 0.15) is 23.6 Å². The van der Waals surface area contributed by atoms with E-state index in [4.69, 9.17) is 4.74 Å². The van der Waals surface area contributed by atoms with E-state index < -0.39 is 0 Å². The summed E-state index contributed by atoms with van der Waals surface area (Å²) < 4.78 is 5.27. The van der Waals surface area contributed by atoms with Crippen LogP contribution in [0.5, 0.6) is 5.75 Å². The highest BCUT2D eigenvalue weighted by Crippen LogP contribution is 2.37. The maximum absolute atomic E-state index is 5.27. The van der Waals surface area contributed by atoms with Gasteiger partial charge in [0.05, 0.1) is 7.11 Å². The molecule has 18 heavy (non-hydrogen) atoms. The summed E-state index contributed by atoms with van der Waals surface area (Å²) in [6.07, 6.45) is 2.94. The topological polar surface area (TPSA) is 34.1 Å². The Balaban J connectivity index is 2.02. The predicted octanol–water partition coefficient (Wildman–Crippen LogP) is 3.04. The SMILES string of the molecule is COc1ccc2c(c1)NCCC2c1ccccn1. The molecule has 3 nitrogen and oxygen atoms in total. The molecule has 3 heteroatoms. The van der Waals surface area contributed by atoms with E-state index in [0.29, 0.717) is 5.92 Å². The number of pyridine rings is 1. The summed E-state index contributed by atoms with van der Waals surface area (Å²) >= 11 is 0. The van der Waals surface area contributed by atoms with E-state index in [1.54, 1.807) is 7.11 Å². The van der Waals surface area contributed by atoms with Gasteiger partial charge >= 0.3 is 0 Å². The molecular formula is C15H16N2O. The molecule has 1 aliphatic heterocycles. The van der Waals surface area contributed by atoms with Crippen LogP contribution in [0.4, 0.5) is 5.69 Å². The van der Waals surface area contributed by atoms with Gasteiger partial charge in [0.15, 0.2) is 0 Å². The lowest BCUT2D eigenvalue weighted by molar-refractivity contribution is 0.414. The van der Waals surface area contributed by atoms with Gasteiger partial charge in [-0.15, -0.1) is 0 Å². The molecule has 92 valence electrons. The van der Waals surface area contributed by atoms with Crippen LogP contribution in [0.15, 0.2) is 42.6 Å². The third-order valence-corrected chi connectivity index (χ3v) is 3.43. The molecule has 0 saturated heterocycles. The van der Waals surface area contributed by atoms with Crippen LogP contribution >= 0.6 is 0 Å². The zero-order chi connectivity index (χ0) is 12.4. The van der Waals surface area contributed by atoms with Crippen LogP contribution < -0.4 is 10.1 Å². The van der Waals surface area contributed by atoms with Crippen molar-refractivity contribution in [2.75, 3.05) is 19.0 Å². The summed E-state index contributed by atoms with van der Waals surface area (Å²) in [5, 5.41) is 3.43. The number of fused-ring (bicyclic) bond motifs is 1. The lowest BCUT2D eigenvalue weighted by atomic mass is 9.88. The zero-order valence-electron chi connectivity index (χ0n) is 10.4. The number of hydrogen-bond acceptors (Lipinski definition) is 3.